The van der Waals surface area contributed by atoms with E-state index in [-0.39, 0.29) is 5.69 Å². The van der Waals surface area contributed by atoms with Crippen LogP contribution in [0.3, 0.4) is 0 Å². The van der Waals surface area contributed by atoms with Crippen molar-refractivity contribution >= 4 is 40.5 Å². The van der Waals surface area contributed by atoms with Gasteiger partial charge in [0.2, 0.25) is 0 Å². The van der Waals surface area contributed by atoms with Gasteiger partial charge in [-0.3, -0.25) is 10.1 Å². The minimum Gasteiger partial charge on any atom is -0.258 e. The molecule has 0 saturated carbocycles. The molecule has 0 unspecified atom stereocenters. The van der Waals surface area contributed by atoms with E-state index in [2.05, 4.69) is 0 Å². The van der Waals surface area contributed by atoms with Crippen LogP contribution in [0.15, 0.2) is 42.5 Å². The SMILES string of the molecule is N#CC(=Cc1cccc([N+](=O)[O-])c1)c1ccc(Cl)cc1Cl. The first kappa shape index (κ1) is 15.0. The fourth-order valence-electron chi connectivity index (χ4n) is 1.77. The first-order valence-corrected chi connectivity index (χ1v) is 6.58. The molecule has 0 N–H and O–H groups in total. The van der Waals surface area contributed by atoms with Gasteiger partial charge in [-0.1, -0.05) is 41.4 Å². The van der Waals surface area contributed by atoms with Crippen molar-refractivity contribution < 1.29 is 4.92 Å². The number of hydrogen-bond donors (Lipinski definition) is 0. The zero-order valence-electron chi connectivity index (χ0n) is 10.6. The summed E-state index contributed by atoms with van der Waals surface area (Å²) >= 11 is 11.9. The first-order valence-electron chi connectivity index (χ1n) is 5.83. The van der Waals surface area contributed by atoms with E-state index in [0.29, 0.717) is 26.7 Å². The van der Waals surface area contributed by atoms with E-state index in [1.807, 2.05) is 6.07 Å². The number of nitro benzene ring substituents is 1. The maximum absolute atomic E-state index is 10.8. The molecule has 0 aliphatic rings. The van der Waals surface area contributed by atoms with Gasteiger partial charge in [0.25, 0.3) is 5.69 Å². The monoisotopic (exact) mass is 318 g/mol. The van der Waals surface area contributed by atoms with Crippen LogP contribution in [0.4, 0.5) is 5.69 Å². The number of non-ortho nitro benzene ring substituents is 1. The molecule has 0 spiro atoms. The molecule has 0 bridgehead atoms. The fourth-order valence-corrected chi connectivity index (χ4v) is 2.28. The highest BCUT2D eigenvalue weighted by atomic mass is 35.5. The number of benzene rings is 2. The lowest BCUT2D eigenvalue weighted by Crippen LogP contribution is -1.88. The van der Waals surface area contributed by atoms with Crippen molar-refractivity contribution in [3.8, 4) is 6.07 Å². The summed E-state index contributed by atoms with van der Waals surface area (Å²) in [6.45, 7) is 0. The lowest BCUT2D eigenvalue weighted by Gasteiger charge is -2.03. The smallest absolute Gasteiger partial charge is 0.258 e. The Hall–Kier alpha value is -2.35. The lowest BCUT2D eigenvalue weighted by atomic mass is 10.0. The number of nitriles is 1. The van der Waals surface area contributed by atoms with Gasteiger partial charge in [0.1, 0.15) is 0 Å². The normalized spacial score (nSPS) is 11.0. The third-order valence-corrected chi connectivity index (χ3v) is 3.28. The average molecular weight is 319 g/mol. The molecule has 0 atom stereocenters. The minimum atomic E-state index is -0.487. The molecular weight excluding hydrogens is 311 g/mol. The summed E-state index contributed by atoms with van der Waals surface area (Å²) < 4.78 is 0. The fraction of sp³-hybridized carbons (Fsp3) is 0. The van der Waals surface area contributed by atoms with Gasteiger partial charge in [-0.15, -0.1) is 0 Å². The van der Waals surface area contributed by atoms with Crippen molar-refractivity contribution in [3.63, 3.8) is 0 Å². The summed E-state index contributed by atoms with van der Waals surface area (Å²) in [6, 6.07) is 12.9. The Morgan fingerprint density at radius 3 is 2.62 bits per heavy atom. The van der Waals surface area contributed by atoms with E-state index in [1.165, 1.54) is 18.2 Å². The second-order valence-corrected chi connectivity index (χ2v) is 4.99. The summed E-state index contributed by atoms with van der Waals surface area (Å²) in [5.41, 5.74) is 1.34. The predicted octanol–water partition coefficient (Wildman–Crippen LogP) is 4.97. The Morgan fingerprint density at radius 2 is 2.00 bits per heavy atom. The van der Waals surface area contributed by atoms with Gasteiger partial charge in [0, 0.05) is 22.7 Å². The molecule has 2 aromatic carbocycles. The van der Waals surface area contributed by atoms with Crippen molar-refractivity contribution in [2.45, 2.75) is 0 Å². The highest BCUT2D eigenvalue weighted by Gasteiger charge is 2.09. The van der Waals surface area contributed by atoms with Crippen LogP contribution < -0.4 is 0 Å². The number of nitrogens with zero attached hydrogens (tertiary/aromatic N) is 2. The maximum atomic E-state index is 10.8. The van der Waals surface area contributed by atoms with Crippen LogP contribution in [0, 0.1) is 21.4 Å². The van der Waals surface area contributed by atoms with Crippen molar-refractivity contribution in [1.82, 2.24) is 0 Å². The highest BCUT2D eigenvalue weighted by Crippen LogP contribution is 2.28. The quantitative estimate of drug-likeness (QED) is 0.347. The average Bonchev–Trinajstić information content (AvgIpc) is 2.45. The topological polar surface area (TPSA) is 66.9 Å². The van der Waals surface area contributed by atoms with Crippen LogP contribution >= 0.6 is 23.2 Å². The van der Waals surface area contributed by atoms with E-state index in [4.69, 9.17) is 23.2 Å². The van der Waals surface area contributed by atoms with Gasteiger partial charge in [0.15, 0.2) is 0 Å². The number of nitro groups is 1. The molecule has 104 valence electrons. The summed E-state index contributed by atoms with van der Waals surface area (Å²) in [5.74, 6) is 0. The third-order valence-electron chi connectivity index (χ3n) is 2.73. The molecule has 0 heterocycles. The van der Waals surface area contributed by atoms with Crippen LogP contribution in [-0.2, 0) is 0 Å². The van der Waals surface area contributed by atoms with Gasteiger partial charge >= 0.3 is 0 Å². The molecule has 6 heteroatoms. The Bertz CT molecular complexity index is 779. The van der Waals surface area contributed by atoms with Gasteiger partial charge < -0.3 is 0 Å². The van der Waals surface area contributed by atoms with Gasteiger partial charge in [-0.25, -0.2) is 0 Å². The molecule has 0 fully saturated rings. The summed E-state index contributed by atoms with van der Waals surface area (Å²) in [5, 5.41) is 20.8. The minimum absolute atomic E-state index is 0.0387. The van der Waals surface area contributed by atoms with E-state index in [0.717, 1.165) is 0 Å². The van der Waals surface area contributed by atoms with Crippen molar-refractivity contribution in [2.75, 3.05) is 0 Å². The Kier molecular flexibility index (Phi) is 4.59. The zero-order chi connectivity index (χ0) is 15.4. The molecule has 0 aromatic heterocycles. The number of rotatable bonds is 3. The Morgan fingerprint density at radius 1 is 1.24 bits per heavy atom. The van der Waals surface area contributed by atoms with Crippen LogP contribution in [0.5, 0.6) is 0 Å². The predicted molar refractivity (Wildman–Crippen MR) is 83.0 cm³/mol. The second-order valence-electron chi connectivity index (χ2n) is 4.15. The number of halogens is 2. The molecule has 0 amide bonds. The van der Waals surface area contributed by atoms with Gasteiger partial charge in [0.05, 0.1) is 21.6 Å². The van der Waals surface area contributed by atoms with E-state index < -0.39 is 4.92 Å². The van der Waals surface area contributed by atoms with E-state index in [9.17, 15) is 15.4 Å². The van der Waals surface area contributed by atoms with Crippen molar-refractivity contribution in [1.29, 1.82) is 5.26 Å². The molecule has 4 nitrogen and oxygen atoms in total. The molecule has 2 rings (SSSR count). The largest absolute Gasteiger partial charge is 0.270 e. The second kappa shape index (κ2) is 6.40. The summed E-state index contributed by atoms with van der Waals surface area (Å²) in [7, 11) is 0. The number of hydrogen-bond acceptors (Lipinski definition) is 3. The molecule has 21 heavy (non-hydrogen) atoms. The van der Waals surface area contributed by atoms with Gasteiger partial charge in [-0.2, -0.15) is 5.26 Å². The van der Waals surface area contributed by atoms with E-state index >= 15 is 0 Å². The van der Waals surface area contributed by atoms with Crippen LogP contribution in [0.25, 0.3) is 11.6 Å². The van der Waals surface area contributed by atoms with Crippen LogP contribution in [0.1, 0.15) is 11.1 Å². The Labute approximate surface area is 131 Å². The van der Waals surface area contributed by atoms with Crippen molar-refractivity contribution in [3.05, 3.63) is 73.8 Å². The first-order chi connectivity index (χ1) is 10.0. The molecule has 0 saturated heterocycles. The molecular formula is C15H8Cl2N2O2. The Balaban J connectivity index is 2.48. The zero-order valence-corrected chi connectivity index (χ0v) is 12.1. The summed E-state index contributed by atoms with van der Waals surface area (Å²) in [4.78, 5) is 10.3. The molecule has 2 aromatic rings. The molecule has 0 aliphatic carbocycles. The third kappa shape index (κ3) is 3.60. The van der Waals surface area contributed by atoms with Crippen molar-refractivity contribution in [2.24, 2.45) is 0 Å². The standard InChI is InChI=1S/C15H8Cl2N2O2/c16-12-4-5-14(15(17)8-12)11(9-18)6-10-2-1-3-13(7-10)19(20)21/h1-8H. The number of allylic oxidation sites excluding steroid dienone is 1. The lowest BCUT2D eigenvalue weighted by molar-refractivity contribution is -0.384. The molecule has 0 radical (unpaired) electrons. The molecule has 0 aliphatic heterocycles. The van der Waals surface area contributed by atoms with E-state index in [1.54, 1.807) is 30.3 Å². The van der Waals surface area contributed by atoms with Crippen LogP contribution in [0.2, 0.25) is 10.0 Å². The maximum Gasteiger partial charge on any atom is 0.270 e. The highest BCUT2D eigenvalue weighted by molar-refractivity contribution is 6.36. The van der Waals surface area contributed by atoms with Gasteiger partial charge in [-0.05, 0) is 23.8 Å². The van der Waals surface area contributed by atoms with Crippen LogP contribution in [-0.4, -0.2) is 4.92 Å². The summed E-state index contributed by atoms with van der Waals surface area (Å²) in [6.07, 6.45) is 1.54.